The number of H-pyrrole nitrogens is 1. The van der Waals surface area contributed by atoms with Crippen LogP contribution in [0.3, 0.4) is 0 Å². The van der Waals surface area contributed by atoms with Crippen LogP contribution in [-0.4, -0.2) is 35.6 Å². The molecular weight excluding hydrogens is 362 g/mol. The number of aromatic amines is 1. The van der Waals surface area contributed by atoms with Gasteiger partial charge < -0.3 is 9.72 Å². The first kappa shape index (κ1) is 19.1. The first-order valence-electron chi connectivity index (χ1n) is 9.78. The SMILES string of the molecule is COc1ccc(C=O)cc1-c1ccnc2[nH]c(C3=CC(C(C)(C)C)=NCC3)cc12. The zero-order valence-electron chi connectivity index (χ0n) is 17.2. The second kappa shape index (κ2) is 7.32. The number of carbonyl (C=O) groups is 1. The minimum atomic E-state index is 0.0176. The number of ether oxygens (including phenoxy) is 1. The quantitative estimate of drug-likeness (QED) is 0.616. The summed E-state index contributed by atoms with van der Waals surface area (Å²) in [6, 6.07) is 9.55. The molecule has 3 aromatic rings. The summed E-state index contributed by atoms with van der Waals surface area (Å²) in [5.74, 6) is 0.727. The maximum absolute atomic E-state index is 11.3. The number of methoxy groups -OCH3 is 1. The lowest BCUT2D eigenvalue weighted by Gasteiger charge is -2.23. The summed E-state index contributed by atoms with van der Waals surface area (Å²) in [6.45, 7) is 7.34. The fourth-order valence-corrected chi connectivity index (χ4v) is 3.69. The number of aliphatic imine (C=N–C) groups is 1. The van der Waals surface area contributed by atoms with Gasteiger partial charge in [-0.1, -0.05) is 20.8 Å². The van der Waals surface area contributed by atoms with E-state index in [2.05, 4.69) is 42.9 Å². The molecular formula is C24H25N3O2. The highest BCUT2D eigenvalue weighted by Gasteiger charge is 2.21. The van der Waals surface area contributed by atoms with Crippen LogP contribution in [0.15, 0.2) is 47.6 Å². The summed E-state index contributed by atoms with van der Waals surface area (Å²) in [5, 5.41) is 1.00. The number of aromatic nitrogens is 2. The van der Waals surface area contributed by atoms with Gasteiger partial charge in [0.05, 0.1) is 7.11 Å². The fraction of sp³-hybridized carbons (Fsp3) is 0.292. The van der Waals surface area contributed by atoms with Crippen molar-refractivity contribution < 1.29 is 9.53 Å². The van der Waals surface area contributed by atoms with Crippen LogP contribution in [0.5, 0.6) is 5.75 Å². The summed E-state index contributed by atoms with van der Waals surface area (Å²) in [6.07, 6.45) is 5.72. The van der Waals surface area contributed by atoms with Crippen LogP contribution in [0.4, 0.5) is 0 Å². The monoisotopic (exact) mass is 387 g/mol. The van der Waals surface area contributed by atoms with Crippen LogP contribution in [0.2, 0.25) is 0 Å². The lowest BCUT2D eigenvalue weighted by molar-refractivity contribution is 0.112. The van der Waals surface area contributed by atoms with Gasteiger partial charge in [-0.3, -0.25) is 9.79 Å². The zero-order chi connectivity index (χ0) is 20.6. The maximum atomic E-state index is 11.3. The molecule has 0 aliphatic carbocycles. The highest BCUT2D eigenvalue weighted by atomic mass is 16.5. The molecule has 1 aromatic carbocycles. The third kappa shape index (κ3) is 3.60. The number of hydrogen-bond donors (Lipinski definition) is 1. The first-order chi connectivity index (χ1) is 13.9. The van der Waals surface area contributed by atoms with Crippen molar-refractivity contribution in [1.82, 2.24) is 9.97 Å². The van der Waals surface area contributed by atoms with Crippen LogP contribution in [0.25, 0.3) is 27.7 Å². The smallest absolute Gasteiger partial charge is 0.150 e. The molecule has 2 aromatic heterocycles. The highest BCUT2D eigenvalue weighted by Crippen LogP contribution is 2.37. The lowest BCUT2D eigenvalue weighted by atomic mass is 9.86. The van der Waals surface area contributed by atoms with Gasteiger partial charge in [-0.15, -0.1) is 0 Å². The van der Waals surface area contributed by atoms with Crippen molar-refractivity contribution in [3.05, 3.63) is 53.9 Å². The minimum absolute atomic E-state index is 0.0176. The number of carbonyl (C=O) groups excluding carboxylic acids is 1. The number of fused-ring (bicyclic) bond motifs is 1. The van der Waals surface area contributed by atoms with Crippen molar-refractivity contribution in [3.8, 4) is 16.9 Å². The average molecular weight is 387 g/mol. The molecule has 0 spiro atoms. The van der Waals surface area contributed by atoms with E-state index in [0.29, 0.717) is 5.56 Å². The molecule has 148 valence electrons. The van der Waals surface area contributed by atoms with Crippen molar-refractivity contribution in [2.45, 2.75) is 27.2 Å². The van der Waals surface area contributed by atoms with E-state index >= 15 is 0 Å². The molecule has 1 aliphatic heterocycles. The summed E-state index contributed by atoms with van der Waals surface area (Å²) in [4.78, 5) is 24.0. The molecule has 29 heavy (non-hydrogen) atoms. The number of aldehydes is 1. The van der Waals surface area contributed by atoms with Crippen LogP contribution in [0, 0.1) is 5.41 Å². The summed E-state index contributed by atoms with van der Waals surface area (Å²) in [7, 11) is 1.64. The van der Waals surface area contributed by atoms with E-state index in [0.717, 1.165) is 58.6 Å². The Balaban J connectivity index is 1.85. The Bertz CT molecular complexity index is 1150. The van der Waals surface area contributed by atoms with Crippen LogP contribution in [-0.2, 0) is 0 Å². The Kier molecular flexibility index (Phi) is 4.82. The Labute approximate surface area is 170 Å². The molecule has 0 saturated carbocycles. The molecule has 0 saturated heterocycles. The third-order valence-corrected chi connectivity index (χ3v) is 5.27. The van der Waals surface area contributed by atoms with Gasteiger partial charge in [0.15, 0.2) is 0 Å². The van der Waals surface area contributed by atoms with Gasteiger partial charge >= 0.3 is 0 Å². The number of nitrogens with one attached hydrogen (secondary N) is 1. The molecule has 1 N–H and O–H groups in total. The van der Waals surface area contributed by atoms with Crippen LogP contribution < -0.4 is 4.74 Å². The largest absolute Gasteiger partial charge is 0.496 e. The van der Waals surface area contributed by atoms with E-state index < -0.39 is 0 Å². The van der Waals surface area contributed by atoms with E-state index in [1.807, 2.05) is 18.2 Å². The summed E-state index contributed by atoms with van der Waals surface area (Å²) in [5.41, 5.74) is 6.72. The van der Waals surface area contributed by atoms with Gasteiger partial charge in [0.2, 0.25) is 0 Å². The normalized spacial score (nSPS) is 14.5. The molecule has 0 bridgehead atoms. The number of pyridine rings is 1. The zero-order valence-corrected chi connectivity index (χ0v) is 17.2. The van der Waals surface area contributed by atoms with Gasteiger partial charge in [0.1, 0.15) is 17.7 Å². The van der Waals surface area contributed by atoms with E-state index in [1.165, 1.54) is 5.57 Å². The molecule has 0 atom stereocenters. The van der Waals surface area contributed by atoms with Gasteiger partial charge in [-0.05, 0) is 54.0 Å². The van der Waals surface area contributed by atoms with Gasteiger partial charge in [0.25, 0.3) is 0 Å². The van der Waals surface area contributed by atoms with Crippen molar-refractivity contribution in [2.75, 3.05) is 13.7 Å². The van der Waals surface area contributed by atoms with Crippen molar-refractivity contribution in [3.63, 3.8) is 0 Å². The second-order valence-corrected chi connectivity index (χ2v) is 8.32. The maximum Gasteiger partial charge on any atom is 0.150 e. The Hall–Kier alpha value is -3.21. The first-order valence-corrected chi connectivity index (χ1v) is 9.78. The summed E-state index contributed by atoms with van der Waals surface area (Å²) < 4.78 is 5.55. The summed E-state index contributed by atoms with van der Waals surface area (Å²) >= 11 is 0. The average Bonchev–Trinajstić information content (AvgIpc) is 3.17. The Morgan fingerprint density at radius 2 is 1.97 bits per heavy atom. The highest BCUT2D eigenvalue weighted by molar-refractivity contribution is 6.06. The van der Waals surface area contributed by atoms with Crippen molar-refractivity contribution in [2.24, 2.45) is 10.4 Å². The molecule has 5 nitrogen and oxygen atoms in total. The number of hydrogen-bond acceptors (Lipinski definition) is 4. The fourth-order valence-electron chi connectivity index (χ4n) is 3.69. The predicted molar refractivity (Wildman–Crippen MR) is 118 cm³/mol. The Morgan fingerprint density at radius 1 is 1.14 bits per heavy atom. The number of allylic oxidation sites excluding steroid dienone is 1. The van der Waals surface area contributed by atoms with Gasteiger partial charge in [-0.25, -0.2) is 4.98 Å². The van der Waals surface area contributed by atoms with E-state index in [1.54, 1.807) is 19.4 Å². The second-order valence-electron chi connectivity index (χ2n) is 8.32. The molecule has 0 fully saturated rings. The topological polar surface area (TPSA) is 67.3 Å². The van der Waals surface area contributed by atoms with E-state index in [9.17, 15) is 4.79 Å². The molecule has 0 unspecified atom stereocenters. The Morgan fingerprint density at radius 3 is 2.69 bits per heavy atom. The molecule has 4 rings (SSSR count). The van der Waals surface area contributed by atoms with E-state index in [4.69, 9.17) is 9.73 Å². The lowest BCUT2D eigenvalue weighted by Crippen LogP contribution is -2.21. The van der Waals surface area contributed by atoms with Gasteiger partial charge in [0, 0.05) is 46.1 Å². The van der Waals surface area contributed by atoms with Crippen LogP contribution >= 0.6 is 0 Å². The van der Waals surface area contributed by atoms with Crippen molar-refractivity contribution in [1.29, 1.82) is 0 Å². The number of dihydropyridines is 1. The van der Waals surface area contributed by atoms with Crippen molar-refractivity contribution >= 4 is 28.6 Å². The molecule has 1 aliphatic rings. The molecule has 5 heteroatoms. The van der Waals surface area contributed by atoms with Crippen LogP contribution in [0.1, 0.15) is 43.2 Å². The number of rotatable bonds is 4. The molecule has 0 amide bonds. The predicted octanol–water partition coefficient (Wildman–Crippen LogP) is 5.33. The molecule has 3 heterocycles. The standard InChI is InChI=1S/C24H25N3O2/c1-24(2,3)22-12-16(7-9-25-22)20-13-19-17(8-10-26-23(19)27-20)18-11-15(14-28)5-6-21(18)29-4/h5-6,8,10-14H,7,9H2,1-4H3,(H,26,27). The van der Waals surface area contributed by atoms with Gasteiger partial charge in [-0.2, -0.15) is 0 Å². The minimum Gasteiger partial charge on any atom is -0.496 e. The number of benzene rings is 1. The van der Waals surface area contributed by atoms with E-state index in [-0.39, 0.29) is 5.41 Å². The third-order valence-electron chi connectivity index (χ3n) is 5.27. The molecule has 0 radical (unpaired) electrons. The number of nitrogens with zero attached hydrogens (tertiary/aromatic N) is 2.